The predicted molar refractivity (Wildman–Crippen MR) is 128 cm³/mol. The number of nitrogen functional groups attached to an aromatic ring is 2. The van der Waals surface area contributed by atoms with E-state index in [-0.39, 0.29) is 11.1 Å². The highest BCUT2D eigenvalue weighted by Gasteiger charge is 2.28. The second-order valence-electron chi connectivity index (χ2n) is 6.47. The van der Waals surface area contributed by atoms with Crippen molar-refractivity contribution in [2.24, 2.45) is 0 Å². The minimum atomic E-state index is 0.149. The summed E-state index contributed by atoms with van der Waals surface area (Å²) in [6, 6.07) is 19.2. The SMILES string of the molecule is CCOc1c(C#N)c(C#N)c(OCC)c(Sc2ccccc2N)c1Sc1ccc(N)cc1. The Morgan fingerprint density at radius 1 is 0.781 bits per heavy atom. The average Bonchev–Trinajstić information content (AvgIpc) is 2.80. The lowest BCUT2D eigenvalue weighted by Crippen LogP contribution is -2.05. The van der Waals surface area contributed by atoms with Gasteiger partial charge in [0.25, 0.3) is 0 Å². The summed E-state index contributed by atoms with van der Waals surface area (Å²) in [5.74, 6) is 0.704. The molecule has 0 unspecified atom stereocenters. The van der Waals surface area contributed by atoms with Crippen LogP contribution in [0.2, 0.25) is 0 Å². The van der Waals surface area contributed by atoms with Crippen LogP contribution in [0.1, 0.15) is 25.0 Å². The van der Waals surface area contributed by atoms with Gasteiger partial charge in [-0.05, 0) is 50.2 Å². The summed E-state index contributed by atoms with van der Waals surface area (Å²) in [5, 5.41) is 19.8. The van der Waals surface area contributed by atoms with Crippen molar-refractivity contribution >= 4 is 34.9 Å². The molecular weight excluding hydrogens is 440 g/mol. The zero-order chi connectivity index (χ0) is 23.1. The number of nitrogens with two attached hydrogens (primary N) is 2. The third kappa shape index (κ3) is 4.88. The Morgan fingerprint density at radius 3 is 1.81 bits per heavy atom. The summed E-state index contributed by atoms with van der Waals surface area (Å²) in [7, 11) is 0. The number of hydrogen-bond acceptors (Lipinski definition) is 8. The highest BCUT2D eigenvalue weighted by Crippen LogP contribution is 2.52. The Hall–Kier alpha value is -3.46. The normalized spacial score (nSPS) is 10.2. The Morgan fingerprint density at radius 2 is 1.31 bits per heavy atom. The van der Waals surface area contributed by atoms with Crippen LogP contribution < -0.4 is 20.9 Å². The van der Waals surface area contributed by atoms with Crippen LogP contribution >= 0.6 is 23.5 Å². The van der Waals surface area contributed by atoms with Crippen molar-refractivity contribution in [2.45, 2.75) is 33.4 Å². The summed E-state index contributed by atoms with van der Waals surface area (Å²) in [4.78, 5) is 3.07. The highest BCUT2D eigenvalue weighted by atomic mass is 32.2. The molecule has 0 radical (unpaired) electrons. The van der Waals surface area contributed by atoms with Crippen molar-refractivity contribution < 1.29 is 9.47 Å². The molecule has 3 rings (SSSR count). The van der Waals surface area contributed by atoms with Crippen LogP contribution in [0.5, 0.6) is 11.5 Å². The number of para-hydroxylation sites is 1. The van der Waals surface area contributed by atoms with Gasteiger partial charge in [0.15, 0.2) is 11.5 Å². The van der Waals surface area contributed by atoms with E-state index in [0.717, 1.165) is 9.79 Å². The average molecular weight is 463 g/mol. The largest absolute Gasteiger partial charge is 0.491 e. The van der Waals surface area contributed by atoms with E-state index < -0.39 is 0 Å². The molecule has 162 valence electrons. The molecule has 0 saturated heterocycles. The predicted octanol–water partition coefficient (Wildman–Crippen LogP) is 5.69. The van der Waals surface area contributed by atoms with Gasteiger partial charge >= 0.3 is 0 Å². The van der Waals surface area contributed by atoms with E-state index in [1.165, 1.54) is 23.5 Å². The monoisotopic (exact) mass is 462 g/mol. The Labute approximate surface area is 196 Å². The minimum absolute atomic E-state index is 0.149. The van der Waals surface area contributed by atoms with Gasteiger partial charge in [0.1, 0.15) is 23.3 Å². The van der Waals surface area contributed by atoms with Gasteiger partial charge in [-0.25, -0.2) is 0 Å². The van der Waals surface area contributed by atoms with Crippen LogP contribution in [0.25, 0.3) is 0 Å². The summed E-state index contributed by atoms with van der Waals surface area (Å²) >= 11 is 2.80. The Balaban J connectivity index is 2.34. The molecule has 0 aliphatic rings. The van der Waals surface area contributed by atoms with E-state index in [2.05, 4.69) is 12.1 Å². The van der Waals surface area contributed by atoms with Crippen LogP contribution in [-0.4, -0.2) is 13.2 Å². The molecule has 0 amide bonds. The van der Waals surface area contributed by atoms with E-state index >= 15 is 0 Å². The lowest BCUT2D eigenvalue weighted by Gasteiger charge is -2.21. The number of hydrogen-bond donors (Lipinski definition) is 2. The quantitative estimate of drug-likeness (QED) is 0.410. The molecule has 0 bridgehead atoms. The maximum absolute atomic E-state index is 9.91. The first kappa shape index (κ1) is 23.2. The molecule has 3 aromatic carbocycles. The molecule has 0 aliphatic carbocycles. The molecule has 0 aromatic heterocycles. The van der Waals surface area contributed by atoms with Crippen molar-refractivity contribution in [3.63, 3.8) is 0 Å². The minimum Gasteiger partial charge on any atom is -0.491 e. The van der Waals surface area contributed by atoms with E-state index in [1.54, 1.807) is 0 Å². The Bertz CT molecular complexity index is 1200. The topological polar surface area (TPSA) is 118 Å². The number of benzene rings is 3. The fourth-order valence-corrected chi connectivity index (χ4v) is 5.15. The lowest BCUT2D eigenvalue weighted by molar-refractivity contribution is 0.314. The zero-order valence-corrected chi connectivity index (χ0v) is 19.3. The number of ether oxygens (including phenoxy) is 2. The van der Waals surface area contributed by atoms with E-state index in [4.69, 9.17) is 20.9 Å². The maximum atomic E-state index is 9.91. The maximum Gasteiger partial charge on any atom is 0.153 e. The fraction of sp³-hybridized carbons (Fsp3) is 0.167. The number of rotatable bonds is 8. The van der Waals surface area contributed by atoms with Crippen molar-refractivity contribution in [3.8, 4) is 23.6 Å². The molecule has 3 aromatic rings. The van der Waals surface area contributed by atoms with E-state index in [1.807, 2.05) is 62.4 Å². The molecule has 6 nitrogen and oxygen atoms in total. The van der Waals surface area contributed by atoms with Gasteiger partial charge in [0.05, 0.1) is 23.0 Å². The van der Waals surface area contributed by atoms with Crippen LogP contribution in [0, 0.1) is 22.7 Å². The third-order valence-corrected chi connectivity index (χ3v) is 6.77. The summed E-state index contributed by atoms with van der Waals surface area (Å²) < 4.78 is 11.8. The van der Waals surface area contributed by atoms with Crippen molar-refractivity contribution in [3.05, 3.63) is 59.7 Å². The van der Waals surface area contributed by atoms with Crippen molar-refractivity contribution in [1.29, 1.82) is 10.5 Å². The highest BCUT2D eigenvalue weighted by molar-refractivity contribution is 8.02. The van der Waals surface area contributed by atoms with E-state index in [9.17, 15) is 10.5 Å². The first-order valence-electron chi connectivity index (χ1n) is 9.89. The standard InChI is InChI=1S/C24H22N4O2S2/c1-3-29-21-17(13-25)18(14-26)22(30-4-2)24(32-20-8-6-5-7-19(20)28)23(21)31-16-11-9-15(27)10-12-16/h5-12H,3-4,27-28H2,1-2H3. The molecule has 0 heterocycles. The van der Waals surface area contributed by atoms with Gasteiger partial charge in [-0.3, -0.25) is 0 Å². The number of anilines is 2. The molecule has 0 fully saturated rings. The van der Waals surface area contributed by atoms with Crippen molar-refractivity contribution in [1.82, 2.24) is 0 Å². The molecule has 0 saturated carbocycles. The second kappa shape index (κ2) is 10.7. The molecule has 0 atom stereocenters. The molecule has 8 heteroatoms. The smallest absolute Gasteiger partial charge is 0.153 e. The van der Waals surface area contributed by atoms with Crippen LogP contribution in [0.15, 0.2) is 68.1 Å². The lowest BCUT2D eigenvalue weighted by atomic mass is 10.1. The van der Waals surface area contributed by atoms with Crippen LogP contribution in [0.4, 0.5) is 11.4 Å². The van der Waals surface area contributed by atoms with Crippen LogP contribution in [0.3, 0.4) is 0 Å². The summed E-state index contributed by atoms with van der Waals surface area (Å²) in [6.45, 7) is 4.34. The second-order valence-corrected chi connectivity index (χ2v) is 8.60. The van der Waals surface area contributed by atoms with Crippen molar-refractivity contribution in [2.75, 3.05) is 24.7 Å². The summed E-state index contributed by atoms with van der Waals surface area (Å²) in [6.07, 6.45) is 0. The third-order valence-electron chi connectivity index (χ3n) is 4.35. The fourth-order valence-electron chi connectivity index (χ4n) is 2.96. The summed E-state index contributed by atoms with van der Waals surface area (Å²) in [5.41, 5.74) is 13.6. The first-order chi connectivity index (χ1) is 15.5. The molecule has 4 N–H and O–H groups in total. The van der Waals surface area contributed by atoms with E-state index in [0.29, 0.717) is 45.9 Å². The van der Waals surface area contributed by atoms with Gasteiger partial charge in [-0.15, -0.1) is 0 Å². The molecule has 0 aliphatic heterocycles. The molecular formula is C24H22N4O2S2. The number of nitrogens with zero attached hydrogens (tertiary/aromatic N) is 2. The van der Waals surface area contributed by atoms with Gasteiger partial charge < -0.3 is 20.9 Å². The van der Waals surface area contributed by atoms with Gasteiger partial charge in [0.2, 0.25) is 0 Å². The Kier molecular flexibility index (Phi) is 7.77. The number of nitriles is 2. The van der Waals surface area contributed by atoms with Gasteiger partial charge in [-0.2, -0.15) is 10.5 Å². The zero-order valence-electron chi connectivity index (χ0n) is 17.7. The van der Waals surface area contributed by atoms with Gasteiger partial charge in [0, 0.05) is 21.2 Å². The molecule has 0 spiro atoms. The van der Waals surface area contributed by atoms with Gasteiger partial charge in [-0.1, -0.05) is 35.7 Å². The molecule has 32 heavy (non-hydrogen) atoms. The first-order valence-corrected chi connectivity index (χ1v) is 11.5. The van der Waals surface area contributed by atoms with Crippen LogP contribution in [-0.2, 0) is 0 Å².